The zero-order valence-corrected chi connectivity index (χ0v) is 20.1. The smallest absolute Gasteiger partial charge is 0.478 e. The number of ketones is 1. The summed E-state index contributed by atoms with van der Waals surface area (Å²) in [5, 5.41) is 9.49. The van der Waals surface area contributed by atoms with Crippen LogP contribution in [0.4, 0.5) is 8.78 Å². The van der Waals surface area contributed by atoms with Crippen molar-refractivity contribution in [2.75, 3.05) is 13.2 Å². The number of ether oxygens (including phenoxy) is 3. The van der Waals surface area contributed by atoms with Gasteiger partial charge in [0.2, 0.25) is 0 Å². The Morgan fingerprint density at radius 1 is 0.946 bits per heavy atom. The van der Waals surface area contributed by atoms with Gasteiger partial charge >= 0.3 is 12.3 Å². The normalized spacial score (nSPS) is 19.6. The zero-order chi connectivity index (χ0) is 26.0. The second-order valence-corrected chi connectivity index (χ2v) is 10.3. The summed E-state index contributed by atoms with van der Waals surface area (Å²) >= 11 is 0. The second kappa shape index (κ2) is 8.11. The van der Waals surface area contributed by atoms with Crippen LogP contribution in [0.15, 0.2) is 60.7 Å². The fourth-order valence-corrected chi connectivity index (χ4v) is 5.30. The predicted octanol–water partition coefficient (Wildman–Crippen LogP) is 5.50. The maximum absolute atomic E-state index is 13.5. The van der Waals surface area contributed by atoms with Gasteiger partial charge in [0.15, 0.2) is 11.5 Å². The molecule has 3 aliphatic rings. The zero-order valence-electron chi connectivity index (χ0n) is 20.1. The fraction of sp³-hybridized carbons (Fsp3) is 0.310. The highest BCUT2D eigenvalue weighted by molar-refractivity contribution is 5.95. The topological polar surface area (TPSA) is 82.1 Å². The summed E-state index contributed by atoms with van der Waals surface area (Å²) in [6.45, 7) is 3.22. The Kier molecular flexibility index (Phi) is 5.18. The molecule has 1 N–H and O–H groups in total. The van der Waals surface area contributed by atoms with Gasteiger partial charge in [-0.2, -0.15) is 0 Å². The van der Waals surface area contributed by atoms with Gasteiger partial charge in [0.1, 0.15) is 5.78 Å². The van der Waals surface area contributed by atoms with Crippen LogP contribution in [0.25, 0.3) is 11.1 Å². The van der Waals surface area contributed by atoms with Crippen LogP contribution in [0.2, 0.25) is 0 Å². The van der Waals surface area contributed by atoms with Crippen molar-refractivity contribution in [3.05, 3.63) is 82.9 Å². The fourth-order valence-electron chi connectivity index (χ4n) is 5.30. The van der Waals surface area contributed by atoms with Crippen LogP contribution >= 0.6 is 0 Å². The number of fused-ring (bicyclic) bond motifs is 1. The molecule has 1 saturated heterocycles. The van der Waals surface area contributed by atoms with E-state index in [9.17, 15) is 23.5 Å². The molecule has 0 bridgehead atoms. The van der Waals surface area contributed by atoms with E-state index in [-0.39, 0.29) is 34.7 Å². The minimum Gasteiger partial charge on any atom is -0.478 e. The first-order chi connectivity index (χ1) is 17.6. The lowest BCUT2D eigenvalue weighted by Gasteiger charge is -2.40. The molecule has 190 valence electrons. The Labute approximate surface area is 211 Å². The van der Waals surface area contributed by atoms with Gasteiger partial charge in [0.25, 0.3) is 0 Å². The maximum Gasteiger partial charge on any atom is 0.586 e. The van der Waals surface area contributed by atoms with Gasteiger partial charge < -0.3 is 19.3 Å². The molecule has 2 fully saturated rings. The molecule has 6 nitrogen and oxygen atoms in total. The number of hydrogen-bond acceptors (Lipinski definition) is 5. The first-order valence-electron chi connectivity index (χ1n) is 12.1. The molecule has 0 amide bonds. The first kappa shape index (κ1) is 23.6. The van der Waals surface area contributed by atoms with Gasteiger partial charge in [-0.15, -0.1) is 8.78 Å². The van der Waals surface area contributed by atoms with E-state index in [1.54, 1.807) is 24.3 Å². The summed E-state index contributed by atoms with van der Waals surface area (Å²) < 4.78 is 41.5. The number of alkyl halides is 2. The Morgan fingerprint density at radius 3 is 2.38 bits per heavy atom. The molecule has 0 spiro atoms. The predicted molar refractivity (Wildman–Crippen MR) is 129 cm³/mol. The van der Waals surface area contributed by atoms with Crippen LogP contribution in [0.3, 0.4) is 0 Å². The van der Waals surface area contributed by atoms with Crippen molar-refractivity contribution in [2.45, 2.75) is 43.3 Å². The van der Waals surface area contributed by atoms with E-state index < -0.39 is 17.7 Å². The van der Waals surface area contributed by atoms with E-state index in [2.05, 4.69) is 16.4 Å². The number of hydrogen-bond donors (Lipinski definition) is 1. The maximum atomic E-state index is 13.5. The van der Waals surface area contributed by atoms with E-state index in [1.807, 2.05) is 24.3 Å². The minimum absolute atomic E-state index is 0.00528. The highest BCUT2D eigenvalue weighted by Gasteiger charge is 2.52. The van der Waals surface area contributed by atoms with E-state index in [4.69, 9.17) is 4.74 Å². The van der Waals surface area contributed by atoms with Gasteiger partial charge in [-0.3, -0.25) is 4.79 Å². The van der Waals surface area contributed by atoms with E-state index in [0.717, 1.165) is 22.3 Å². The van der Waals surface area contributed by atoms with Crippen molar-refractivity contribution in [2.24, 2.45) is 0 Å². The van der Waals surface area contributed by atoms with E-state index in [1.165, 1.54) is 12.1 Å². The standard InChI is InChI=1S/C29H24F2O6/c1-27(15-35-16-27)22-7-5-17(11-21(22)18-3-2-4-19(13-18)26(33)34)12-25(32)28(9-10-28)20-6-8-23-24(14-20)37-29(30,31)36-23/h2-8,11,13-14H,9-10,12,15-16H2,1H3,(H,33,34). The van der Waals surface area contributed by atoms with Crippen LogP contribution < -0.4 is 9.47 Å². The average molecular weight is 507 g/mol. The molecule has 3 aromatic carbocycles. The highest BCUT2D eigenvalue weighted by atomic mass is 19.3. The third-order valence-electron chi connectivity index (χ3n) is 7.60. The largest absolute Gasteiger partial charge is 0.586 e. The molecule has 2 aliphatic heterocycles. The van der Waals surface area contributed by atoms with Gasteiger partial charge in [0, 0.05) is 11.8 Å². The first-order valence-corrected chi connectivity index (χ1v) is 12.1. The van der Waals surface area contributed by atoms with Crippen LogP contribution in [0, 0.1) is 0 Å². The van der Waals surface area contributed by atoms with E-state index in [0.29, 0.717) is 31.6 Å². The van der Waals surface area contributed by atoms with Crippen molar-refractivity contribution in [1.29, 1.82) is 0 Å². The third-order valence-corrected chi connectivity index (χ3v) is 7.60. The number of carbonyl (C=O) groups is 2. The molecular formula is C29H24F2O6. The van der Waals surface area contributed by atoms with Gasteiger partial charge in [0.05, 0.1) is 24.2 Å². The monoisotopic (exact) mass is 506 g/mol. The Morgan fingerprint density at radius 2 is 1.70 bits per heavy atom. The average Bonchev–Trinajstić information content (AvgIpc) is 3.59. The molecule has 2 heterocycles. The molecule has 3 aromatic rings. The number of Topliss-reactive ketones (excluding diaryl/α,β-unsaturated/α-hetero) is 1. The summed E-state index contributed by atoms with van der Waals surface area (Å²) in [6, 6.07) is 17.2. The van der Waals surface area contributed by atoms with Crippen molar-refractivity contribution in [3.63, 3.8) is 0 Å². The number of aromatic carboxylic acids is 1. The molecule has 1 saturated carbocycles. The molecule has 8 heteroatoms. The Bertz CT molecular complexity index is 1440. The quantitative estimate of drug-likeness (QED) is 0.456. The van der Waals surface area contributed by atoms with Crippen molar-refractivity contribution in [3.8, 4) is 22.6 Å². The molecule has 0 aromatic heterocycles. The lowest BCUT2D eigenvalue weighted by molar-refractivity contribution is -0.286. The summed E-state index contributed by atoms with van der Waals surface area (Å²) in [5.74, 6) is -1.13. The summed E-state index contributed by atoms with van der Waals surface area (Å²) in [4.78, 5) is 25.1. The number of halogens is 2. The number of carboxylic acid groups (broad SMARTS) is 1. The minimum atomic E-state index is -3.71. The lowest BCUT2D eigenvalue weighted by atomic mass is 9.76. The number of rotatable bonds is 7. The van der Waals surface area contributed by atoms with Gasteiger partial charge in [-0.05, 0) is 64.9 Å². The molecule has 0 atom stereocenters. The van der Waals surface area contributed by atoms with Crippen LogP contribution in [0.5, 0.6) is 11.5 Å². The van der Waals surface area contributed by atoms with Crippen LogP contribution in [-0.2, 0) is 26.8 Å². The van der Waals surface area contributed by atoms with Gasteiger partial charge in [-0.1, -0.05) is 43.3 Å². The Balaban J connectivity index is 1.32. The Hall–Kier alpha value is -3.78. The molecular weight excluding hydrogens is 482 g/mol. The lowest BCUT2D eigenvalue weighted by Crippen LogP contribution is -2.44. The second-order valence-electron chi connectivity index (χ2n) is 10.3. The molecule has 1 aliphatic carbocycles. The van der Waals surface area contributed by atoms with Crippen LogP contribution in [-0.4, -0.2) is 36.4 Å². The SMILES string of the molecule is CC1(c2ccc(CC(=O)C3(c4ccc5c(c4)OC(F)(F)O5)CC3)cc2-c2cccc(C(=O)O)c2)COC1. The molecule has 0 unspecified atom stereocenters. The molecule has 0 radical (unpaired) electrons. The van der Waals surface area contributed by atoms with Crippen molar-refractivity contribution < 1.29 is 37.7 Å². The number of benzene rings is 3. The molecule has 37 heavy (non-hydrogen) atoms. The van der Waals surface area contributed by atoms with E-state index >= 15 is 0 Å². The highest BCUT2D eigenvalue weighted by Crippen LogP contribution is 2.53. The van der Waals surface area contributed by atoms with Gasteiger partial charge in [-0.25, -0.2) is 4.79 Å². The van der Waals surface area contributed by atoms with Crippen molar-refractivity contribution >= 4 is 11.8 Å². The summed E-state index contributed by atoms with van der Waals surface area (Å²) in [6.07, 6.45) is -2.30. The van der Waals surface area contributed by atoms with Crippen LogP contribution in [0.1, 0.15) is 46.8 Å². The van der Waals surface area contributed by atoms with Crippen molar-refractivity contribution in [1.82, 2.24) is 0 Å². The third kappa shape index (κ3) is 4.05. The number of carbonyl (C=O) groups excluding carboxylic acids is 1. The molecule has 6 rings (SSSR count). The summed E-state index contributed by atoms with van der Waals surface area (Å²) in [7, 11) is 0. The number of carboxylic acids is 1. The summed E-state index contributed by atoms with van der Waals surface area (Å²) in [5.41, 5.74) is 3.34.